The van der Waals surface area contributed by atoms with Crippen LogP contribution in [0.3, 0.4) is 0 Å². The SMILES string of the molecule is CN=C(NCCc1c[nH]c2ccc(F)cc12)NCC(OC)C(C)(C)C. The molecule has 2 rings (SSSR count). The third-order valence-corrected chi connectivity index (χ3v) is 4.35. The Labute approximate surface area is 149 Å². The average Bonchev–Trinajstić information content (AvgIpc) is 2.94. The van der Waals surface area contributed by atoms with Crippen LogP contribution in [0.25, 0.3) is 10.9 Å². The van der Waals surface area contributed by atoms with E-state index in [1.807, 2.05) is 6.20 Å². The Balaban J connectivity index is 1.87. The molecular formula is C19H29FN4O. The highest BCUT2D eigenvalue weighted by Gasteiger charge is 2.24. The second kappa shape index (κ2) is 8.34. The Morgan fingerprint density at radius 2 is 2.08 bits per heavy atom. The summed E-state index contributed by atoms with van der Waals surface area (Å²) in [6.07, 6.45) is 2.79. The van der Waals surface area contributed by atoms with Crippen LogP contribution >= 0.6 is 0 Å². The van der Waals surface area contributed by atoms with Crippen LogP contribution in [-0.2, 0) is 11.2 Å². The lowest BCUT2D eigenvalue weighted by Gasteiger charge is -2.30. The molecule has 0 aliphatic heterocycles. The van der Waals surface area contributed by atoms with E-state index in [0.29, 0.717) is 13.1 Å². The van der Waals surface area contributed by atoms with Crippen LogP contribution < -0.4 is 10.6 Å². The number of aromatic amines is 1. The molecule has 0 saturated carbocycles. The number of H-pyrrole nitrogens is 1. The summed E-state index contributed by atoms with van der Waals surface area (Å²) in [5.74, 6) is 0.517. The minimum atomic E-state index is -0.216. The molecule has 138 valence electrons. The number of aliphatic imine (C=N–C) groups is 1. The molecule has 0 spiro atoms. The molecule has 1 unspecified atom stereocenters. The lowest BCUT2D eigenvalue weighted by Crippen LogP contribution is -2.45. The largest absolute Gasteiger partial charge is 0.379 e. The molecule has 1 heterocycles. The number of hydrogen-bond donors (Lipinski definition) is 3. The Kier molecular flexibility index (Phi) is 6.42. The number of nitrogens with one attached hydrogen (secondary N) is 3. The first-order chi connectivity index (χ1) is 11.8. The molecule has 0 aliphatic carbocycles. The number of aromatic nitrogens is 1. The number of methoxy groups -OCH3 is 1. The van der Waals surface area contributed by atoms with Gasteiger partial charge in [0.25, 0.3) is 0 Å². The summed E-state index contributed by atoms with van der Waals surface area (Å²) in [6, 6.07) is 4.80. The number of guanidine groups is 1. The first kappa shape index (κ1) is 19.2. The van der Waals surface area contributed by atoms with E-state index in [0.717, 1.165) is 28.8 Å². The zero-order valence-electron chi connectivity index (χ0n) is 15.7. The average molecular weight is 348 g/mol. The number of rotatable bonds is 6. The van der Waals surface area contributed by atoms with Crippen LogP contribution in [0.4, 0.5) is 4.39 Å². The lowest BCUT2D eigenvalue weighted by molar-refractivity contribution is 0.0205. The van der Waals surface area contributed by atoms with Gasteiger partial charge in [-0.1, -0.05) is 20.8 Å². The first-order valence-electron chi connectivity index (χ1n) is 8.58. The van der Waals surface area contributed by atoms with Crippen molar-refractivity contribution in [3.8, 4) is 0 Å². The normalized spacial score (nSPS) is 13.9. The molecule has 0 amide bonds. The second-order valence-electron chi connectivity index (χ2n) is 7.22. The minimum absolute atomic E-state index is 0.0503. The smallest absolute Gasteiger partial charge is 0.191 e. The number of nitrogens with zero attached hydrogens (tertiary/aromatic N) is 1. The highest BCUT2D eigenvalue weighted by Crippen LogP contribution is 2.21. The first-order valence-corrected chi connectivity index (χ1v) is 8.58. The molecule has 0 saturated heterocycles. The summed E-state index contributed by atoms with van der Waals surface area (Å²) in [5, 5.41) is 7.52. The quantitative estimate of drug-likeness (QED) is 0.555. The summed E-state index contributed by atoms with van der Waals surface area (Å²) in [7, 11) is 3.47. The van der Waals surface area contributed by atoms with E-state index < -0.39 is 0 Å². The maximum Gasteiger partial charge on any atom is 0.191 e. The van der Waals surface area contributed by atoms with Crippen molar-refractivity contribution in [1.29, 1.82) is 0 Å². The molecule has 0 fully saturated rings. The summed E-state index contributed by atoms with van der Waals surface area (Å²) in [4.78, 5) is 7.42. The zero-order chi connectivity index (χ0) is 18.4. The molecule has 1 atom stereocenters. The van der Waals surface area contributed by atoms with Gasteiger partial charge in [-0.2, -0.15) is 0 Å². The zero-order valence-corrected chi connectivity index (χ0v) is 15.7. The number of halogens is 1. The van der Waals surface area contributed by atoms with Gasteiger partial charge in [0.1, 0.15) is 5.82 Å². The van der Waals surface area contributed by atoms with Gasteiger partial charge in [0.2, 0.25) is 0 Å². The van der Waals surface area contributed by atoms with Gasteiger partial charge in [-0.3, -0.25) is 4.99 Å². The van der Waals surface area contributed by atoms with Gasteiger partial charge in [-0.05, 0) is 35.6 Å². The van der Waals surface area contributed by atoms with E-state index >= 15 is 0 Å². The minimum Gasteiger partial charge on any atom is -0.379 e. The number of benzene rings is 1. The Hall–Kier alpha value is -2.08. The molecular weight excluding hydrogens is 319 g/mol. The maximum absolute atomic E-state index is 13.4. The van der Waals surface area contributed by atoms with Crippen molar-refractivity contribution >= 4 is 16.9 Å². The van der Waals surface area contributed by atoms with E-state index in [9.17, 15) is 4.39 Å². The van der Waals surface area contributed by atoms with Crippen molar-refractivity contribution < 1.29 is 9.13 Å². The van der Waals surface area contributed by atoms with Gasteiger partial charge < -0.3 is 20.4 Å². The van der Waals surface area contributed by atoms with Gasteiger partial charge >= 0.3 is 0 Å². The summed E-state index contributed by atoms with van der Waals surface area (Å²) in [6.45, 7) is 7.83. The summed E-state index contributed by atoms with van der Waals surface area (Å²) < 4.78 is 19.0. The predicted molar refractivity (Wildman–Crippen MR) is 102 cm³/mol. The van der Waals surface area contributed by atoms with E-state index in [-0.39, 0.29) is 17.3 Å². The Bertz CT molecular complexity index is 718. The fourth-order valence-electron chi connectivity index (χ4n) is 2.83. The number of hydrogen-bond acceptors (Lipinski definition) is 2. The lowest BCUT2D eigenvalue weighted by atomic mass is 9.89. The van der Waals surface area contributed by atoms with E-state index in [1.54, 1.807) is 26.3 Å². The van der Waals surface area contributed by atoms with Gasteiger partial charge in [-0.15, -0.1) is 0 Å². The fraction of sp³-hybridized carbons (Fsp3) is 0.526. The predicted octanol–water partition coefficient (Wildman–Crippen LogP) is 3.08. The van der Waals surface area contributed by atoms with Gasteiger partial charge in [-0.25, -0.2) is 4.39 Å². The van der Waals surface area contributed by atoms with Crippen LogP contribution in [0, 0.1) is 11.2 Å². The molecule has 6 heteroatoms. The molecule has 25 heavy (non-hydrogen) atoms. The van der Waals surface area contributed by atoms with Gasteiger partial charge in [0, 0.05) is 44.3 Å². The van der Waals surface area contributed by atoms with Gasteiger partial charge in [0.15, 0.2) is 5.96 Å². The highest BCUT2D eigenvalue weighted by atomic mass is 19.1. The summed E-state index contributed by atoms with van der Waals surface area (Å²) in [5.41, 5.74) is 2.09. The second-order valence-corrected chi connectivity index (χ2v) is 7.22. The van der Waals surface area contributed by atoms with Crippen molar-refractivity contribution in [2.24, 2.45) is 10.4 Å². The third-order valence-electron chi connectivity index (χ3n) is 4.35. The van der Waals surface area contributed by atoms with Crippen LogP contribution in [0.1, 0.15) is 26.3 Å². The molecule has 0 radical (unpaired) electrons. The topological polar surface area (TPSA) is 61.4 Å². The van der Waals surface area contributed by atoms with Crippen LogP contribution in [0.2, 0.25) is 0 Å². The third kappa shape index (κ3) is 5.19. The molecule has 1 aromatic carbocycles. The molecule has 0 aliphatic rings. The summed E-state index contributed by atoms with van der Waals surface area (Å²) >= 11 is 0. The van der Waals surface area contributed by atoms with Crippen LogP contribution in [-0.4, -0.2) is 44.3 Å². The van der Waals surface area contributed by atoms with E-state index in [2.05, 4.69) is 41.4 Å². The highest BCUT2D eigenvalue weighted by molar-refractivity contribution is 5.83. The molecule has 2 aromatic rings. The Morgan fingerprint density at radius 3 is 2.72 bits per heavy atom. The van der Waals surface area contributed by atoms with Crippen molar-refractivity contribution in [3.05, 3.63) is 35.8 Å². The maximum atomic E-state index is 13.4. The van der Waals surface area contributed by atoms with Crippen molar-refractivity contribution in [2.75, 3.05) is 27.2 Å². The fourth-order valence-corrected chi connectivity index (χ4v) is 2.83. The number of ether oxygens (including phenoxy) is 1. The van der Waals surface area contributed by atoms with Crippen LogP contribution in [0.15, 0.2) is 29.4 Å². The molecule has 5 nitrogen and oxygen atoms in total. The van der Waals surface area contributed by atoms with Crippen LogP contribution in [0.5, 0.6) is 0 Å². The molecule has 1 aromatic heterocycles. The molecule has 3 N–H and O–H groups in total. The van der Waals surface area contributed by atoms with E-state index in [1.165, 1.54) is 6.07 Å². The van der Waals surface area contributed by atoms with E-state index in [4.69, 9.17) is 4.74 Å². The van der Waals surface area contributed by atoms with Gasteiger partial charge in [0.05, 0.1) is 6.10 Å². The monoisotopic (exact) mass is 348 g/mol. The molecule has 0 bridgehead atoms. The van der Waals surface area contributed by atoms with Crippen molar-refractivity contribution in [3.63, 3.8) is 0 Å². The number of fused-ring (bicyclic) bond motifs is 1. The van der Waals surface area contributed by atoms with Crippen molar-refractivity contribution in [2.45, 2.75) is 33.3 Å². The van der Waals surface area contributed by atoms with Crippen molar-refractivity contribution in [1.82, 2.24) is 15.6 Å². The standard InChI is InChI=1S/C19H29FN4O/c1-19(2,3)17(25-5)12-24-18(21-4)22-9-8-13-11-23-16-7-6-14(20)10-15(13)16/h6-7,10-11,17,23H,8-9,12H2,1-5H3,(H2,21,22,24). The Morgan fingerprint density at radius 1 is 1.32 bits per heavy atom.